The number of carbonyl (C=O) groups is 1. The Balaban J connectivity index is 2.56. The predicted molar refractivity (Wildman–Crippen MR) is 74.9 cm³/mol. The summed E-state index contributed by atoms with van der Waals surface area (Å²) >= 11 is 0. The summed E-state index contributed by atoms with van der Waals surface area (Å²) in [5.74, 6) is 5.00. The van der Waals surface area contributed by atoms with Crippen LogP contribution in [0, 0.1) is 11.8 Å². The molecule has 0 aromatic carbocycles. The molecule has 0 saturated carbocycles. The molecule has 0 saturated heterocycles. The molecule has 0 bridgehead atoms. The Kier molecular flexibility index (Phi) is 6.15. The van der Waals surface area contributed by atoms with Crippen molar-refractivity contribution in [2.45, 2.75) is 6.42 Å². The van der Waals surface area contributed by atoms with Gasteiger partial charge in [0.05, 0.1) is 12.4 Å². The quantitative estimate of drug-likeness (QED) is 0.720. The van der Waals surface area contributed by atoms with Gasteiger partial charge in [0.1, 0.15) is 15.5 Å². The van der Waals surface area contributed by atoms with E-state index in [4.69, 9.17) is 5.11 Å². The van der Waals surface area contributed by atoms with Crippen LogP contribution < -0.4 is 5.32 Å². The van der Waals surface area contributed by atoms with Gasteiger partial charge in [0.2, 0.25) is 0 Å². The third-order valence-electron chi connectivity index (χ3n) is 2.22. The van der Waals surface area contributed by atoms with Crippen molar-refractivity contribution in [2.24, 2.45) is 0 Å². The van der Waals surface area contributed by atoms with Crippen LogP contribution in [-0.2, 0) is 9.84 Å². The third kappa shape index (κ3) is 6.31. The lowest BCUT2D eigenvalue weighted by atomic mass is 10.2. The van der Waals surface area contributed by atoms with Crippen molar-refractivity contribution >= 4 is 15.7 Å². The van der Waals surface area contributed by atoms with Gasteiger partial charge in [-0.1, -0.05) is 11.8 Å². The molecule has 1 amide bonds. The maximum atomic E-state index is 11.7. The number of amides is 1. The smallest absolute Gasteiger partial charge is 0.269 e. The van der Waals surface area contributed by atoms with Gasteiger partial charge in [-0.3, -0.25) is 4.79 Å². The summed E-state index contributed by atoms with van der Waals surface area (Å²) in [6, 6.07) is 3.15. The second-order valence-electron chi connectivity index (χ2n) is 4.09. The Bertz CT molecular complexity index is 612. The first-order valence-corrected chi connectivity index (χ1v) is 8.00. The molecule has 0 radical (unpaired) electrons. The van der Waals surface area contributed by atoms with Crippen molar-refractivity contribution in [3.05, 3.63) is 29.6 Å². The van der Waals surface area contributed by atoms with E-state index in [-0.39, 0.29) is 24.6 Å². The lowest BCUT2D eigenvalue weighted by Crippen LogP contribution is -2.29. The Morgan fingerprint density at radius 3 is 2.75 bits per heavy atom. The number of nitrogens with zero attached hydrogens (tertiary/aromatic N) is 1. The molecule has 1 aromatic rings. The Morgan fingerprint density at radius 1 is 1.45 bits per heavy atom. The van der Waals surface area contributed by atoms with Crippen LogP contribution in [-0.4, -0.2) is 49.6 Å². The van der Waals surface area contributed by atoms with Gasteiger partial charge in [-0.2, -0.15) is 0 Å². The molecule has 1 heterocycles. The predicted octanol–water partition coefficient (Wildman–Crippen LogP) is -0.410. The number of hydrogen-bond acceptors (Lipinski definition) is 5. The second-order valence-corrected chi connectivity index (χ2v) is 6.35. The molecule has 108 valence electrons. The van der Waals surface area contributed by atoms with E-state index in [0.29, 0.717) is 12.0 Å². The standard InChI is InChI=1S/C13H16N2O4S/c1-20(18,19)9-7-14-13(17)12-6-5-11(10-15-12)4-2-3-8-16/h5-6,10,16H,3,7-9H2,1H3,(H,14,17). The van der Waals surface area contributed by atoms with Crippen LogP contribution in [0.25, 0.3) is 0 Å². The highest BCUT2D eigenvalue weighted by atomic mass is 32.2. The van der Waals surface area contributed by atoms with E-state index in [0.717, 1.165) is 6.26 Å². The lowest BCUT2D eigenvalue weighted by Gasteiger charge is -2.03. The number of aromatic nitrogens is 1. The molecule has 20 heavy (non-hydrogen) atoms. The summed E-state index contributed by atoms with van der Waals surface area (Å²) in [4.78, 5) is 15.6. The first-order valence-electron chi connectivity index (χ1n) is 5.94. The summed E-state index contributed by atoms with van der Waals surface area (Å²) in [6.45, 7) is 0.0542. The van der Waals surface area contributed by atoms with Gasteiger partial charge in [0, 0.05) is 31.0 Å². The first-order chi connectivity index (χ1) is 9.42. The van der Waals surface area contributed by atoms with Crippen molar-refractivity contribution in [1.82, 2.24) is 10.3 Å². The van der Waals surface area contributed by atoms with Gasteiger partial charge in [0.15, 0.2) is 0 Å². The number of aliphatic hydroxyl groups is 1. The van der Waals surface area contributed by atoms with E-state index >= 15 is 0 Å². The molecule has 0 aliphatic rings. The van der Waals surface area contributed by atoms with Crippen molar-refractivity contribution in [1.29, 1.82) is 0 Å². The van der Waals surface area contributed by atoms with E-state index in [1.807, 2.05) is 0 Å². The van der Waals surface area contributed by atoms with E-state index < -0.39 is 15.7 Å². The van der Waals surface area contributed by atoms with E-state index in [1.165, 1.54) is 12.3 Å². The fourth-order valence-corrected chi connectivity index (χ4v) is 1.74. The highest BCUT2D eigenvalue weighted by Gasteiger charge is 2.08. The van der Waals surface area contributed by atoms with Crippen LogP contribution in [0.3, 0.4) is 0 Å². The fraction of sp³-hybridized carbons (Fsp3) is 0.385. The molecular weight excluding hydrogens is 280 g/mol. The van der Waals surface area contributed by atoms with Crippen LogP contribution >= 0.6 is 0 Å². The summed E-state index contributed by atoms with van der Waals surface area (Å²) in [5, 5.41) is 11.1. The van der Waals surface area contributed by atoms with Crippen LogP contribution in [0.5, 0.6) is 0 Å². The average molecular weight is 296 g/mol. The fourth-order valence-electron chi connectivity index (χ4n) is 1.26. The third-order valence-corrected chi connectivity index (χ3v) is 3.17. The van der Waals surface area contributed by atoms with Gasteiger partial charge in [0.25, 0.3) is 5.91 Å². The zero-order chi connectivity index (χ0) is 15.0. The molecule has 0 aliphatic carbocycles. The Labute approximate surface area is 118 Å². The highest BCUT2D eigenvalue weighted by molar-refractivity contribution is 7.90. The molecule has 0 fully saturated rings. The monoisotopic (exact) mass is 296 g/mol. The zero-order valence-corrected chi connectivity index (χ0v) is 11.9. The largest absolute Gasteiger partial charge is 0.395 e. The SMILES string of the molecule is CS(=O)(=O)CCNC(=O)c1ccc(C#CCCO)cn1. The summed E-state index contributed by atoms with van der Waals surface area (Å²) in [6.07, 6.45) is 2.95. The summed E-state index contributed by atoms with van der Waals surface area (Å²) < 4.78 is 21.8. The van der Waals surface area contributed by atoms with Crippen LogP contribution in [0.15, 0.2) is 18.3 Å². The number of hydrogen-bond donors (Lipinski definition) is 2. The molecule has 0 unspecified atom stereocenters. The van der Waals surface area contributed by atoms with Crippen molar-refractivity contribution < 1.29 is 18.3 Å². The molecule has 0 spiro atoms. The minimum absolute atomic E-state index is 0.00124. The molecule has 0 aliphatic heterocycles. The van der Waals surface area contributed by atoms with Gasteiger partial charge in [-0.25, -0.2) is 13.4 Å². The number of sulfone groups is 1. The number of carbonyl (C=O) groups excluding carboxylic acids is 1. The number of aliphatic hydroxyl groups excluding tert-OH is 1. The molecule has 0 atom stereocenters. The van der Waals surface area contributed by atoms with Crippen molar-refractivity contribution in [3.63, 3.8) is 0 Å². The number of pyridine rings is 1. The minimum atomic E-state index is -3.10. The van der Waals surface area contributed by atoms with E-state index in [2.05, 4.69) is 22.1 Å². The van der Waals surface area contributed by atoms with Gasteiger partial charge >= 0.3 is 0 Å². The minimum Gasteiger partial charge on any atom is -0.395 e. The maximum Gasteiger partial charge on any atom is 0.269 e. The molecule has 7 heteroatoms. The summed E-state index contributed by atoms with van der Waals surface area (Å²) in [5.41, 5.74) is 0.845. The molecule has 1 rings (SSSR count). The second kappa shape index (κ2) is 7.62. The topological polar surface area (TPSA) is 96.4 Å². The maximum absolute atomic E-state index is 11.7. The molecular formula is C13H16N2O4S. The normalized spacial score (nSPS) is 10.5. The zero-order valence-electron chi connectivity index (χ0n) is 11.1. The Morgan fingerprint density at radius 2 is 2.20 bits per heavy atom. The van der Waals surface area contributed by atoms with E-state index in [1.54, 1.807) is 6.07 Å². The van der Waals surface area contributed by atoms with Crippen LogP contribution in [0.1, 0.15) is 22.5 Å². The molecule has 1 aromatic heterocycles. The lowest BCUT2D eigenvalue weighted by molar-refractivity contribution is 0.0951. The molecule has 6 nitrogen and oxygen atoms in total. The van der Waals surface area contributed by atoms with Gasteiger partial charge in [-0.05, 0) is 12.1 Å². The Hall–Kier alpha value is -1.91. The number of nitrogens with one attached hydrogen (secondary N) is 1. The van der Waals surface area contributed by atoms with Crippen LogP contribution in [0.4, 0.5) is 0 Å². The van der Waals surface area contributed by atoms with Gasteiger partial charge < -0.3 is 10.4 Å². The first kappa shape index (κ1) is 16.1. The van der Waals surface area contributed by atoms with Crippen LogP contribution in [0.2, 0.25) is 0 Å². The number of rotatable bonds is 5. The van der Waals surface area contributed by atoms with Crippen molar-refractivity contribution in [2.75, 3.05) is 25.2 Å². The van der Waals surface area contributed by atoms with E-state index in [9.17, 15) is 13.2 Å². The van der Waals surface area contributed by atoms with Crippen molar-refractivity contribution in [3.8, 4) is 11.8 Å². The summed E-state index contributed by atoms with van der Waals surface area (Å²) in [7, 11) is -3.10. The van der Waals surface area contributed by atoms with Gasteiger partial charge in [-0.15, -0.1) is 0 Å². The highest BCUT2D eigenvalue weighted by Crippen LogP contribution is 1.99. The molecule has 2 N–H and O–H groups in total. The average Bonchev–Trinajstić information content (AvgIpc) is 2.38.